The van der Waals surface area contributed by atoms with E-state index >= 15 is 0 Å². The van der Waals surface area contributed by atoms with E-state index in [-0.39, 0.29) is 42.6 Å². The zero-order valence-electron chi connectivity index (χ0n) is 21.0. The Morgan fingerprint density at radius 1 is 1.03 bits per heavy atom. The van der Waals surface area contributed by atoms with Crippen LogP contribution in [0.15, 0.2) is 35.5 Å². The number of piperazine rings is 1. The first-order valence-corrected chi connectivity index (χ1v) is 11.5. The third-order valence-corrected chi connectivity index (χ3v) is 6.34. The number of hydrogen-bond acceptors (Lipinski definition) is 6. The van der Waals surface area contributed by atoms with Crippen molar-refractivity contribution >= 4 is 17.5 Å². The Morgan fingerprint density at radius 2 is 1.65 bits per heavy atom. The molecule has 37 heavy (non-hydrogen) atoms. The van der Waals surface area contributed by atoms with Crippen LogP contribution in [0.5, 0.6) is 0 Å². The number of hydrogen-bond donors (Lipinski definition) is 3. The maximum atomic E-state index is 14.0. The minimum absolute atomic E-state index is 0.0597. The molecular formula is C25H29F5N6O. The quantitative estimate of drug-likeness (QED) is 0.289. The molecule has 200 valence electrons. The predicted molar refractivity (Wildman–Crippen MR) is 130 cm³/mol. The van der Waals surface area contributed by atoms with Gasteiger partial charge >= 0.3 is 6.18 Å². The lowest BCUT2D eigenvalue weighted by Crippen LogP contribution is -2.49. The molecule has 0 spiro atoms. The minimum atomic E-state index is -4.77. The van der Waals surface area contributed by atoms with E-state index < -0.39 is 34.7 Å². The third-order valence-electron chi connectivity index (χ3n) is 6.34. The molecule has 0 unspecified atom stereocenters. The molecular weight excluding hydrogens is 495 g/mol. The number of aliphatic hydroxyl groups is 1. The van der Waals surface area contributed by atoms with Gasteiger partial charge in [0, 0.05) is 56.1 Å². The summed E-state index contributed by atoms with van der Waals surface area (Å²) in [7, 11) is 0. The van der Waals surface area contributed by atoms with E-state index in [0.29, 0.717) is 24.2 Å². The van der Waals surface area contributed by atoms with Gasteiger partial charge in [-0.3, -0.25) is 5.41 Å². The lowest BCUT2D eigenvalue weighted by molar-refractivity contribution is -0.144. The van der Waals surface area contributed by atoms with E-state index in [1.165, 1.54) is 19.9 Å². The van der Waals surface area contributed by atoms with Gasteiger partial charge in [0.25, 0.3) is 0 Å². The van der Waals surface area contributed by atoms with Gasteiger partial charge in [0.05, 0.1) is 5.60 Å². The van der Waals surface area contributed by atoms with Gasteiger partial charge in [-0.05, 0) is 50.5 Å². The van der Waals surface area contributed by atoms with Gasteiger partial charge in [0.1, 0.15) is 17.5 Å². The van der Waals surface area contributed by atoms with Gasteiger partial charge in [-0.2, -0.15) is 13.2 Å². The monoisotopic (exact) mass is 524 g/mol. The van der Waals surface area contributed by atoms with Gasteiger partial charge in [0.15, 0.2) is 5.69 Å². The van der Waals surface area contributed by atoms with Crippen molar-refractivity contribution < 1.29 is 27.1 Å². The Labute approximate surface area is 211 Å². The molecule has 0 atom stereocenters. The summed E-state index contributed by atoms with van der Waals surface area (Å²) in [5.74, 6) is -1.41. The van der Waals surface area contributed by atoms with Crippen LogP contribution >= 0.6 is 0 Å². The summed E-state index contributed by atoms with van der Waals surface area (Å²) in [6, 6.07) is 3.17. The molecule has 0 radical (unpaired) electrons. The molecule has 1 fully saturated rings. The summed E-state index contributed by atoms with van der Waals surface area (Å²) in [4.78, 5) is 11.1. The molecule has 12 heteroatoms. The van der Waals surface area contributed by atoms with Crippen LogP contribution < -0.4 is 4.90 Å². The summed E-state index contributed by atoms with van der Waals surface area (Å²) in [6.07, 6.45) is -3.83. The van der Waals surface area contributed by atoms with Crippen molar-refractivity contribution in [2.75, 3.05) is 31.1 Å². The van der Waals surface area contributed by atoms with Crippen LogP contribution in [-0.4, -0.2) is 57.7 Å². The number of nitrogens with one attached hydrogen (secondary N) is 2. The topological polar surface area (TPSA) is 100 Å². The Morgan fingerprint density at radius 3 is 2.19 bits per heavy atom. The molecule has 1 saturated heterocycles. The van der Waals surface area contributed by atoms with E-state index in [4.69, 9.17) is 10.8 Å². The fraction of sp³-hybridized carbons (Fsp3) is 0.440. The van der Waals surface area contributed by atoms with Crippen molar-refractivity contribution in [1.82, 2.24) is 14.9 Å². The molecule has 0 bridgehead atoms. The molecule has 0 saturated carbocycles. The maximum Gasteiger partial charge on any atom is 0.433 e. The second kappa shape index (κ2) is 10.5. The Balaban J connectivity index is 1.70. The summed E-state index contributed by atoms with van der Waals surface area (Å²) >= 11 is 0. The van der Waals surface area contributed by atoms with E-state index in [2.05, 4.69) is 9.97 Å². The van der Waals surface area contributed by atoms with Crippen molar-refractivity contribution in [1.29, 1.82) is 10.8 Å². The number of nitrogens with zero attached hydrogens (tertiary/aromatic N) is 4. The summed E-state index contributed by atoms with van der Waals surface area (Å²) in [5.41, 5.74) is -2.12. The molecule has 0 aliphatic carbocycles. The number of alkyl halides is 3. The predicted octanol–water partition coefficient (Wildman–Crippen LogP) is 4.70. The molecule has 3 rings (SSSR count). The van der Waals surface area contributed by atoms with Crippen molar-refractivity contribution in [3.05, 3.63) is 64.0 Å². The number of amidine groups is 1. The van der Waals surface area contributed by atoms with E-state index in [1.807, 2.05) is 0 Å². The highest BCUT2D eigenvalue weighted by Gasteiger charge is 2.40. The molecule has 1 aliphatic heterocycles. The molecule has 7 nitrogen and oxygen atoms in total. The minimum Gasteiger partial charge on any atom is -0.386 e. The fourth-order valence-corrected chi connectivity index (χ4v) is 3.95. The standard InChI is InChI=1S/C25H29F5N6O/c1-14(20(31)11-16-5-6-17(26)12-19(16)27)15(2)22(32)35-7-9-36(10-8-35)23-33-13-18(24(3,4)37)21(34-23)25(28,29)30/h5-6,12-13,31-32,37H,7-11H2,1-4H3/b15-14-,31-20?,32-22?. The molecule has 1 aromatic heterocycles. The smallest absolute Gasteiger partial charge is 0.386 e. The fourth-order valence-electron chi connectivity index (χ4n) is 3.95. The van der Waals surface area contributed by atoms with Crippen LogP contribution in [0.4, 0.5) is 27.9 Å². The highest BCUT2D eigenvalue weighted by molar-refractivity contribution is 6.07. The maximum absolute atomic E-state index is 14.0. The van der Waals surface area contributed by atoms with E-state index in [0.717, 1.165) is 18.3 Å². The van der Waals surface area contributed by atoms with Crippen LogP contribution in [0.1, 0.15) is 44.5 Å². The Kier molecular flexibility index (Phi) is 8.01. The first kappa shape index (κ1) is 28.2. The van der Waals surface area contributed by atoms with Crippen LogP contribution in [0.2, 0.25) is 0 Å². The van der Waals surface area contributed by atoms with E-state index in [1.54, 1.807) is 23.6 Å². The second-order valence-electron chi connectivity index (χ2n) is 9.45. The first-order chi connectivity index (χ1) is 17.1. The summed E-state index contributed by atoms with van der Waals surface area (Å²) in [6.45, 7) is 6.92. The number of anilines is 1. The normalized spacial score (nSPS) is 15.5. The summed E-state index contributed by atoms with van der Waals surface area (Å²) < 4.78 is 67.9. The van der Waals surface area contributed by atoms with Gasteiger partial charge in [-0.25, -0.2) is 18.7 Å². The molecule has 1 aromatic carbocycles. The van der Waals surface area contributed by atoms with Crippen molar-refractivity contribution in [3.8, 4) is 0 Å². The number of allylic oxidation sites excluding steroid dienone is 1. The SMILES string of the molecule is C/C(C(=N)Cc1ccc(F)cc1F)=C(\C)C(=N)N1CCN(c2ncc(C(C)(C)O)c(C(F)(F)F)n2)CC1. The summed E-state index contributed by atoms with van der Waals surface area (Å²) in [5, 5.41) is 27.0. The lowest BCUT2D eigenvalue weighted by atomic mass is 9.98. The molecule has 2 aromatic rings. The molecule has 3 N–H and O–H groups in total. The first-order valence-electron chi connectivity index (χ1n) is 11.5. The van der Waals surface area contributed by atoms with Crippen molar-refractivity contribution in [3.63, 3.8) is 0 Å². The largest absolute Gasteiger partial charge is 0.433 e. The lowest BCUT2D eigenvalue weighted by Gasteiger charge is -2.37. The second-order valence-corrected chi connectivity index (χ2v) is 9.45. The number of halogens is 5. The van der Waals surface area contributed by atoms with Crippen LogP contribution in [0.25, 0.3) is 0 Å². The zero-order chi connectivity index (χ0) is 27.7. The highest BCUT2D eigenvalue weighted by atomic mass is 19.4. The Bertz CT molecular complexity index is 1230. The highest BCUT2D eigenvalue weighted by Crippen LogP contribution is 2.36. The average Bonchev–Trinajstić information content (AvgIpc) is 2.83. The van der Waals surface area contributed by atoms with E-state index in [9.17, 15) is 27.1 Å². The molecule has 0 amide bonds. The van der Waals surface area contributed by atoms with Crippen molar-refractivity contribution in [2.24, 2.45) is 0 Å². The molecule has 1 aliphatic rings. The van der Waals surface area contributed by atoms with Gasteiger partial charge < -0.3 is 20.3 Å². The Hall–Kier alpha value is -3.41. The molecule has 2 heterocycles. The number of rotatable bonds is 6. The van der Waals surface area contributed by atoms with Crippen molar-refractivity contribution in [2.45, 2.75) is 45.9 Å². The zero-order valence-corrected chi connectivity index (χ0v) is 21.0. The van der Waals surface area contributed by atoms with Gasteiger partial charge in [-0.15, -0.1) is 0 Å². The van der Waals surface area contributed by atoms with Gasteiger partial charge in [-0.1, -0.05) is 6.07 Å². The van der Waals surface area contributed by atoms with Gasteiger partial charge in [0.2, 0.25) is 5.95 Å². The van der Waals surface area contributed by atoms with Crippen LogP contribution in [-0.2, 0) is 18.2 Å². The number of aromatic nitrogens is 2. The van der Waals surface area contributed by atoms with Crippen LogP contribution in [0, 0.1) is 22.5 Å². The number of benzene rings is 1. The van der Waals surface area contributed by atoms with Crippen LogP contribution in [0.3, 0.4) is 0 Å². The average molecular weight is 525 g/mol. The third kappa shape index (κ3) is 6.48.